The molecule has 1 aliphatic heterocycles. The summed E-state index contributed by atoms with van der Waals surface area (Å²) in [5.74, 6) is 0.121. The Morgan fingerprint density at radius 1 is 1.59 bits per heavy atom. The Kier molecular flexibility index (Phi) is 4.36. The fraction of sp³-hybridized carbons (Fsp3) is 0.917. The van der Waals surface area contributed by atoms with E-state index in [0.29, 0.717) is 31.8 Å². The molecular weight excluding hydrogens is 218 g/mol. The number of nitrogens with zero attached hydrogens (tertiary/aromatic N) is 1. The second-order valence-corrected chi connectivity index (χ2v) is 5.04. The second kappa shape index (κ2) is 5.80. The molecule has 1 amide bonds. The van der Waals surface area contributed by atoms with Crippen molar-refractivity contribution in [3.8, 4) is 0 Å². The van der Waals surface area contributed by atoms with Crippen LogP contribution in [-0.2, 0) is 9.53 Å². The molecule has 5 nitrogen and oxygen atoms in total. The lowest BCUT2D eigenvalue weighted by molar-refractivity contribution is -0.134. The van der Waals surface area contributed by atoms with Gasteiger partial charge in [0.15, 0.2) is 0 Å². The van der Waals surface area contributed by atoms with Crippen molar-refractivity contribution in [2.24, 2.45) is 5.73 Å². The fourth-order valence-electron chi connectivity index (χ4n) is 2.30. The Hall–Kier alpha value is -0.650. The Bertz CT molecular complexity index is 268. The minimum absolute atomic E-state index is 0.121. The normalized spacial score (nSPS) is 27.8. The molecule has 2 atom stereocenters. The van der Waals surface area contributed by atoms with Crippen LogP contribution in [0.1, 0.15) is 26.2 Å². The summed E-state index contributed by atoms with van der Waals surface area (Å²) in [6, 6.07) is 0.626. The monoisotopic (exact) mass is 241 g/mol. The van der Waals surface area contributed by atoms with E-state index in [9.17, 15) is 4.79 Å². The molecule has 1 heterocycles. The van der Waals surface area contributed by atoms with Crippen molar-refractivity contribution in [1.82, 2.24) is 10.2 Å². The number of hydrogen-bond donors (Lipinski definition) is 2. The number of ether oxygens (including phenoxy) is 1. The van der Waals surface area contributed by atoms with Crippen molar-refractivity contribution in [1.29, 1.82) is 0 Å². The van der Waals surface area contributed by atoms with E-state index >= 15 is 0 Å². The van der Waals surface area contributed by atoms with E-state index in [1.165, 1.54) is 0 Å². The van der Waals surface area contributed by atoms with E-state index in [0.717, 1.165) is 25.8 Å². The standard InChI is InChI=1S/C12H23N3O2/c1-9(4-5-13)15-6-7-17-8-11(15)12(16)14-10-2-3-10/h9-11H,2-8,13H2,1H3,(H,14,16). The summed E-state index contributed by atoms with van der Waals surface area (Å²) >= 11 is 0. The van der Waals surface area contributed by atoms with Crippen molar-refractivity contribution in [2.45, 2.75) is 44.3 Å². The molecule has 0 aromatic heterocycles. The molecule has 17 heavy (non-hydrogen) atoms. The molecule has 2 rings (SSSR count). The van der Waals surface area contributed by atoms with Crippen molar-refractivity contribution in [3.63, 3.8) is 0 Å². The third-order valence-corrected chi connectivity index (χ3v) is 3.55. The summed E-state index contributed by atoms with van der Waals surface area (Å²) in [5, 5.41) is 3.06. The van der Waals surface area contributed by atoms with Gasteiger partial charge >= 0.3 is 0 Å². The average Bonchev–Trinajstić information content (AvgIpc) is 3.13. The largest absolute Gasteiger partial charge is 0.378 e. The molecule has 1 saturated carbocycles. The molecule has 0 aromatic carbocycles. The number of nitrogens with one attached hydrogen (secondary N) is 1. The maximum Gasteiger partial charge on any atom is 0.239 e. The van der Waals surface area contributed by atoms with Gasteiger partial charge in [0.05, 0.1) is 13.2 Å². The molecule has 0 spiro atoms. The topological polar surface area (TPSA) is 67.6 Å². The van der Waals surface area contributed by atoms with Crippen LogP contribution in [0.15, 0.2) is 0 Å². The van der Waals surface area contributed by atoms with Gasteiger partial charge < -0.3 is 15.8 Å². The van der Waals surface area contributed by atoms with E-state index in [2.05, 4.69) is 17.1 Å². The highest BCUT2D eigenvalue weighted by Gasteiger charge is 2.34. The van der Waals surface area contributed by atoms with Crippen LogP contribution >= 0.6 is 0 Å². The van der Waals surface area contributed by atoms with Gasteiger partial charge in [-0.25, -0.2) is 0 Å². The lowest BCUT2D eigenvalue weighted by Gasteiger charge is -2.38. The van der Waals surface area contributed by atoms with Crippen molar-refractivity contribution in [2.75, 3.05) is 26.3 Å². The Labute approximate surface area is 103 Å². The molecule has 2 aliphatic rings. The maximum atomic E-state index is 12.1. The molecule has 2 unspecified atom stereocenters. The highest BCUT2D eigenvalue weighted by atomic mass is 16.5. The van der Waals surface area contributed by atoms with Gasteiger partial charge in [-0.3, -0.25) is 9.69 Å². The number of morpholine rings is 1. The van der Waals surface area contributed by atoms with Crippen LogP contribution < -0.4 is 11.1 Å². The molecule has 0 aromatic rings. The molecule has 0 radical (unpaired) electrons. The van der Waals surface area contributed by atoms with Crippen LogP contribution in [0.5, 0.6) is 0 Å². The zero-order valence-corrected chi connectivity index (χ0v) is 10.5. The third kappa shape index (κ3) is 3.40. The Morgan fingerprint density at radius 2 is 2.35 bits per heavy atom. The van der Waals surface area contributed by atoms with Crippen LogP contribution in [0.2, 0.25) is 0 Å². The smallest absolute Gasteiger partial charge is 0.239 e. The maximum absolute atomic E-state index is 12.1. The third-order valence-electron chi connectivity index (χ3n) is 3.55. The van der Waals surface area contributed by atoms with Gasteiger partial charge in [-0.2, -0.15) is 0 Å². The van der Waals surface area contributed by atoms with E-state index in [1.807, 2.05) is 0 Å². The first-order chi connectivity index (χ1) is 8.22. The van der Waals surface area contributed by atoms with Crippen LogP contribution in [0, 0.1) is 0 Å². The van der Waals surface area contributed by atoms with Gasteiger partial charge in [0, 0.05) is 18.6 Å². The van der Waals surface area contributed by atoms with E-state index in [1.54, 1.807) is 0 Å². The summed E-state index contributed by atoms with van der Waals surface area (Å²) in [4.78, 5) is 14.3. The van der Waals surface area contributed by atoms with Crippen LogP contribution in [0.25, 0.3) is 0 Å². The Morgan fingerprint density at radius 3 is 3.00 bits per heavy atom. The summed E-state index contributed by atoms with van der Waals surface area (Å²) in [6.45, 7) is 4.84. The highest BCUT2D eigenvalue weighted by molar-refractivity contribution is 5.82. The fourth-order valence-corrected chi connectivity index (χ4v) is 2.30. The molecule has 3 N–H and O–H groups in total. The Balaban J connectivity index is 1.92. The molecule has 0 bridgehead atoms. The summed E-state index contributed by atoms with van der Waals surface area (Å²) in [6.07, 6.45) is 3.17. The highest BCUT2D eigenvalue weighted by Crippen LogP contribution is 2.20. The van der Waals surface area contributed by atoms with Gasteiger partial charge in [0.25, 0.3) is 0 Å². The van der Waals surface area contributed by atoms with Gasteiger partial charge in [-0.15, -0.1) is 0 Å². The molecule has 98 valence electrons. The first kappa shape index (κ1) is 12.8. The lowest BCUT2D eigenvalue weighted by Crippen LogP contribution is -2.57. The molecule has 1 saturated heterocycles. The predicted octanol–water partition coefficient (Wildman–Crippen LogP) is -0.297. The van der Waals surface area contributed by atoms with Crippen molar-refractivity contribution >= 4 is 5.91 Å². The quantitative estimate of drug-likeness (QED) is 0.693. The molecular formula is C12H23N3O2. The number of nitrogens with two attached hydrogens (primary N) is 1. The zero-order valence-electron chi connectivity index (χ0n) is 10.5. The number of hydrogen-bond acceptors (Lipinski definition) is 4. The predicted molar refractivity (Wildman–Crippen MR) is 65.6 cm³/mol. The SMILES string of the molecule is CC(CCN)N1CCOCC1C(=O)NC1CC1. The molecule has 5 heteroatoms. The van der Waals surface area contributed by atoms with E-state index in [4.69, 9.17) is 10.5 Å². The van der Waals surface area contributed by atoms with Crippen LogP contribution in [-0.4, -0.2) is 55.2 Å². The average molecular weight is 241 g/mol. The summed E-state index contributed by atoms with van der Waals surface area (Å²) in [7, 11) is 0. The summed E-state index contributed by atoms with van der Waals surface area (Å²) in [5.41, 5.74) is 5.59. The number of carbonyl (C=O) groups is 1. The first-order valence-electron chi connectivity index (χ1n) is 6.56. The van der Waals surface area contributed by atoms with Gasteiger partial charge in [-0.1, -0.05) is 0 Å². The second-order valence-electron chi connectivity index (χ2n) is 5.04. The lowest BCUT2D eigenvalue weighted by atomic mass is 10.1. The number of carbonyl (C=O) groups excluding carboxylic acids is 1. The van der Waals surface area contributed by atoms with Gasteiger partial charge in [0.2, 0.25) is 5.91 Å². The van der Waals surface area contributed by atoms with Crippen LogP contribution in [0.4, 0.5) is 0 Å². The molecule has 1 aliphatic carbocycles. The van der Waals surface area contributed by atoms with Crippen LogP contribution in [0.3, 0.4) is 0 Å². The number of rotatable bonds is 5. The zero-order chi connectivity index (χ0) is 12.3. The summed E-state index contributed by atoms with van der Waals surface area (Å²) < 4.78 is 5.43. The van der Waals surface area contributed by atoms with Crippen molar-refractivity contribution < 1.29 is 9.53 Å². The minimum Gasteiger partial charge on any atom is -0.378 e. The number of amides is 1. The first-order valence-corrected chi connectivity index (χ1v) is 6.56. The minimum atomic E-state index is -0.133. The van der Waals surface area contributed by atoms with E-state index in [-0.39, 0.29) is 11.9 Å². The van der Waals surface area contributed by atoms with Gasteiger partial charge in [0.1, 0.15) is 6.04 Å². The van der Waals surface area contributed by atoms with Gasteiger partial charge in [-0.05, 0) is 32.7 Å². The van der Waals surface area contributed by atoms with E-state index < -0.39 is 0 Å². The molecule has 2 fully saturated rings. The van der Waals surface area contributed by atoms with Crippen molar-refractivity contribution in [3.05, 3.63) is 0 Å².